The summed E-state index contributed by atoms with van der Waals surface area (Å²) in [6.07, 6.45) is 2.03. The molecule has 0 saturated heterocycles. The third-order valence-corrected chi connectivity index (χ3v) is 1.23. The lowest BCUT2D eigenvalue weighted by atomic mass is 10.1. The maximum Gasteiger partial charge on any atom is 0.323 e. The third kappa shape index (κ3) is 6.14. The summed E-state index contributed by atoms with van der Waals surface area (Å²) >= 11 is 0. The maximum absolute atomic E-state index is 11.2. The molecule has 0 saturated carbocycles. The van der Waals surface area contributed by atoms with E-state index in [0.717, 1.165) is 0 Å². The average Bonchev–Trinajstić information content (AvgIpc) is 1.96. The minimum Gasteiger partial charge on any atom is -0.459 e. The second kappa shape index (κ2) is 4.85. The van der Waals surface area contributed by atoms with E-state index in [1.807, 2.05) is 0 Å². The van der Waals surface area contributed by atoms with Crippen LogP contribution in [-0.4, -0.2) is 17.6 Å². The topological polar surface area (TPSA) is 52.3 Å². The van der Waals surface area contributed by atoms with E-state index in [0.29, 0.717) is 6.42 Å². The number of esters is 1. The first-order valence-corrected chi connectivity index (χ1v) is 4.19. The summed E-state index contributed by atoms with van der Waals surface area (Å²) < 4.78 is 5.06. The van der Waals surface area contributed by atoms with Gasteiger partial charge in [-0.15, -0.1) is 5.73 Å². The first kappa shape index (κ1) is 11.9. The van der Waals surface area contributed by atoms with Gasteiger partial charge < -0.3 is 10.5 Å². The van der Waals surface area contributed by atoms with Gasteiger partial charge in [-0.1, -0.05) is 6.58 Å². The molecule has 74 valence electrons. The van der Waals surface area contributed by atoms with Gasteiger partial charge in [0.25, 0.3) is 0 Å². The van der Waals surface area contributed by atoms with Gasteiger partial charge in [0.15, 0.2) is 0 Å². The van der Waals surface area contributed by atoms with Gasteiger partial charge in [-0.2, -0.15) is 0 Å². The molecule has 0 spiro atoms. The SMILES string of the molecule is C=C=CCC(N)C(=O)OC(C)(C)C. The van der Waals surface area contributed by atoms with Crippen LogP contribution in [0.1, 0.15) is 27.2 Å². The van der Waals surface area contributed by atoms with Crippen LogP contribution in [0.2, 0.25) is 0 Å². The van der Waals surface area contributed by atoms with Gasteiger partial charge >= 0.3 is 5.97 Å². The predicted molar refractivity (Wildman–Crippen MR) is 52.1 cm³/mol. The molecule has 0 amide bonds. The zero-order valence-corrected chi connectivity index (χ0v) is 8.46. The number of ether oxygens (including phenoxy) is 1. The summed E-state index contributed by atoms with van der Waals surface area (Å²) in [6, 6.07) is -0.617. The molecule has 13 heavy (non-hydrogen) atoms. The second-order valence-electron chi connectivity index (χ2n) is 3.78. The molecule has 0 aromatic heterocycles. The molecule has 0 aromatic rings. The Kier molecular flexibility index (Phi) is 4.46. The number of rotatable bonds is 3. The predicted octanol–water partition coefficient (Wildman–Crippen LogP) is 1.39. The highest BCUT2D eigenvalue weighted by molar-refractivity contribution is 5.76. The minimum absolute atomic E-state index is 0.390. The number of carbonyl (C=O) groups is 1. The van der Waals surface area contributed by atoms with E-state index >= 15 is 0 Å². The zero-order valence-electron chi connectivity index (χ0n) is 8.46. The lowest BCUT2D eigenvalue weighted by Gasteiger charge is -2.21. The van der Waals surface area contributed by atoms with Gasteiger partial charge in [0.2, 0.25) is 0 Å². The number of carbonyl (C=O) groups excluding carboxylic acids is 1. The average molecular weight is 183 g/mol. The van der Waals surface area contributed by atoms with Crippen LogP contribution in [0.15, 0.2) is 18.4 Å². The lowest BCUT2D eigenvalue weighted by molar-refractivity contribution is -0.156. The molecule has 3 heteroatoms. The summed E-state index contributed by atoms with van der Waals surface area (Å²) in [5.41, 5.74) is 7.61. The number of hydrogen-bond acceptors (Lipinski definition) is 3. The molecule has 0 aliphatic rings. The van der Waals surface area contributed by atoms with E-state index in [-0.39, 0.29) is 5.97 Å². The smallest absolute Gasteiger partial charge is 0.323 e. The van der Waals surface area contributed by atoms with Crippen LogP contribution in [0.25, 0.3) is 0 Å². The van der Waals surface area contributed by atoms with Crippen LogP contribution in [-0.2, 0) is 9.53 Å². The fraction of sp³-hybridized carbons (Fsp3) is 0.600. The molecule has 0 rings (SSSR count). The first-order chi connectivity index (χ1) is 5.87. The molecule has 0 aliphatic heterocycles. The Labute approximate surface area is 79.3 Å². The molecule has 0 heterocycles. The van der Waals surface area contributed by atoms with Crippen molar-refractivity contribution in [3.63, 3.8) is 0 Å². The summed E-state index contributed by atoms with van der Waals surface area (Å²) in [4.78, 5) is 11.2. The molecule has 2 N–H and O–H groups in total. The molecule has 0 aliphatic carbocycles. The van der Waals surface area contributed by atoms with Crippen LogP contribution in [0.4, 0.5) is 0 Å². The van der Waals surface area contributed by atoms with E-state index in [2.05, 4.69) is 12.3 Å². The van der Waals surface area contributed by atoms with E-state index in [1.54, 1.807) is 26.8 Å². The highest BCUT2D eigenvalue weighted by Crippen LogP contribution is 2.08. The Bertz CT molecular complexity index is 222. The van der Waals surface area contributed by atoms with Crippen LogP contribution < -0.4 is 5.73 Å². The largest absolute Gasteiger partial charge is 0.459 e. The van der Waals surface area contributed by atoms with Crippen molar-refractivity contribution in [3.05, 3.63) is 18.4 Å². The fourth-order valence-corrected chi connectivity index (χ4v) is 0.684. The van der Waals surface area contributed by atoms with Crippen LogP contribution in [0, 0.1) is 0 Å². The quantitative estimate of drug-likeness (QED) is 0.531. The van der Waals surface area contributed by atoms with E-state index in [4.69, 9.17) is 10.5 Å². The summed E-state index contributed by atoms with van der Waals surface area (Å²) in [6.45, 7) is 8.80. The highest BCUT2D eigenvalue weighted by Gasteiger charge is 2.20. The number of nitrogens with two attached hydrogens (primary N) is 1. The summed E-state index contributed by atoms with van der Waals surface area (Å²) in [5, 5.41) is 0. The van der Waals surface area contributed by atoms with Crippen molar-refractivity contribution < 1.29 is 9.53 Å². The van der Waals surface area contributed by atoms with Gasteiger partial charge in [0.1, 0.15) is 11.6 Å². The van der Waals surface area contributed by atoms with E-state index in [1.165, 1.54) is 0 Å². The van der Waals surface area contributed by atoms with Gasteiger partial charge in [0, 0.05) is 0 Å². The van der Waals surface area contributed by atoms with Gasteiger partial charge in [-0.25, -0.2) is 0 Å². The van der Waals surface area contributed by atoms with Crippen LogP contribution >= 0.6 is 0 Å². The van der Waals surface area contributed by atoms with Crippen molar-refractivity contribution in [3.8, 4) is 0 Å². The Balaban J connectivity index is 4.04. The molecule has 0 bridgehead atoms. The molecular weight excluding hydrogens is 166 g/mol. The highest BCUT2D eigenvalue weighted by atomic mass is 16.6. The van der Waals surface area contributed by atoms with Crippen molar-refractivity contribution in [2.75, 3.05) is 0 Å². The monoisotopic (exact) mass is 183 g/mol. The maximum atomic E-state index is 11.2. The number of hydrogen-bond donors (Lipinski definition) is 1. The fourth-order valence-electron chi connectivity index (χ4n) is 0.684. The normalized spacial score (nSPS) is 12.9. The Hall–Kier alpha value is -1.05. The van der Waals surface area contributed by atoms with Crippen molar-refractivity contribution >= 4 is 5.97 Å². The van der Waals surface area contributed by atoms with Gasteiger partial charge in [-0.05, 0) is 33.3 Å². The molecule has 3 nitrogen and oxygen atoms in total. The molecule has 1 unspecified atom stereocenters. The molecule has 0 aromatic carbocycles. The molecule has 0 fully saturated rings. The van der Waals surface area contributed by atoms with Crippen molar-refractivity contribution in [2.24, 2.45) is 5.73 Å². The lowest BCUT2D eigenvalue weighted by Crippen LogP contribution is -2.36. The first-order valence-electron chi connectivity index (χ1n) is 4.19. The standard InChI is InChI=1S/C10H17NO2/c1-5-6-7-8(11)9(12)13-10(2,3)4/h6,8H,1,7,11H2,2-4H3. The summed E-state index contributed by atoms with van der Waals surface area (Å²) in [7, 11) is 0. The zero-order chi connectivity index (χ0) is 10.5. The van der Waals surface area contributed by atoms with Crippen molar-refractivity contribution in [1.82, 2.24) is 0 Å². The van der Waals surface area contributed by atoms with Crippen molar-refractivity contribution in [2.45, 2.75) is 38.8 Å². The molecular formula is C10H17NO2. The van der Waals surface area contributed by atoms with E-state index < -0.39 is 11.6 Å². The summed E-state index contributed by atoms with van der Waals surface area (Å²) in [5.74, 6) is -0.390. The Morgan fingerprint density at radius 3 is 2.62 bits per heavy atom. The Morgan fingerprint density at radius 2 is 2.23 bits per heavy atom. The van der Waals surface area contributed by atoms with Crippen LogP contribution in [0.3, 0.4) is 0 Å². The third-order valence-electron chi connectivity index (χ3n) is 1.23. The second-order valence-corrected chi connectivity index (χ2v) is 3.78. The van der Waals surface area contributed by atoms with E-state index in [9.17, 15) is 4.79 Å². The van der Waals surface area contributed by atoms with Gasteiger partial charge in [0.05, 0.1) is 0 Å². The van der Waals surface area contributed by atoms with Gasteiger partial charge in [-0.3, -0.25) is 4.79 Å². The molecule has 0 radical (unpaired) electrons. The van der Waals surface area contributed by atoms with Crippen molar-refractivity contribution in [1.29, 1.82) is 0 Å². The van der Waals surface area contributed by atoms with Crippen LogP contribution in [0.5, 0.6) is 0 Å². The Morgan fingerprint density at radius 1 is 1.69 bits per heavy atom. The molecule has 1 atom stereocenters. The minimum atomic E-state index is -0.617.